The van der Waals surface area contributed by atoms with E-state index in [2.05, 4.69) is 21.9 Å². The Kier molecular flexibility index (Phi) is 10.3. The molecule has 0 radical (unpaired) electrons. The Labute approximate surface area is 293 Å². The molecule has 0 unspecified atom stereocenters. The molecular formula is C36H49N5O8S. The van der Waals surface area contributed by atoms with Crippen molar-refractivity contribution < 1.29 is 36.7 Å². The quantitative estimate of drug-likeness (QED) is 0.222. The molecule has 50 heavy (non-hydrogen) atoms. The van der Waals surface area contributed by atoms with Crippen LogP contribution in [0.25, 0.3) is 21.9 Å². The van der Waals surface area contributed by atoms with Gasteiger partial charge in [0, 0.05) is 35.8 Å². The smallest absolute Gasteiger partial charge is 0.408 e. The second kappa shape index (κ2) is 13.9. The van der Waals surface area contributed by atoms with E-state index in [1.165, 1.54) is 0 Å². The molecule has 0 spiro atoms. The monoisotopic (exact) mass is 711 g/mol. The lowest BCUT2D eigenvalue weighted by atomic mass is 9.85. The van der Waals surface area contributed by atoms with Crippen molar-refractivity contribution in [2.75, 3.05) is 13.1 Å². The molecule has 1 saturated carbocycles. The van der Waals surface area contributed by atoms with E-state index in [0.29, 0.717) is 36.2 Å². The molecule has 2 fully saturated rings. The van der Waals surface area contributed by atoms with Crippen LogP contribution in [0.2, 0.25) is 0 Å². The third-order valence-electron chi connectivity index (χ3n) is 8.96. The van der Waals surface area contributed by atoms with E-state index >= 15 is 0 Å². The van der Waals surface area contributed by atoms with Gasteiger partial charge in [0.1, 0.15) is 23.3 Å². The Morgan fingerprint density at radius 3 is 2.38 bits per heavy atom. The van der Waals surface area contributed by atoms with Gasteiger partial charge in [-0.25, -0.2) is 18.2 Å². The molecular weight excluding hydrogens is 662 g/mol. The molecule has 3 amide bonds. The van der Waals surface area contributed by atoms with Gasteiger partial charge in [-0.2, -0.15) is 0 Å². The van der Waals surface area contributed by atoms with Crippen molar-refractivity contribution in [1.29, 1.82) is 0 Å². The van der Waals surface area contributed by atoms with Crippen LogP contribution in [0.3, 0.4) is 0 Å². The highest BCUT2D eigenvalue weighted by Gasteiger charge is 2.46. The lowest BCUT2D eigenvalue weighted by Gasteiger charge is -2.37. The number of furan rings is 1. The normalized spacial score (nSPS) is 20.3. The second-order valence-electron chi connectivity index (χ2n) is 15.5. The van der Waals surface area contributed by atoms with E-state index in [9.17, 15) is 22.8 Å². The average molecular weight is 712 g/mol. The van der Waals surface area contributed by atoms with Crippen LogP contribution in [0.15, 0.2) is 53.7 Å². The van der Waals surface area contributed by atoms with Gasteiger partial charge in [-0.05, 0) is 58.4 Å². The summed E-state index contributed by atoms with van der Waals surface area (Å²) in [5.41, 5.74) is -1.56. The molecule has 14 heteroatoms. The molecule has 1 aliphatic heterocycles. The number of likely N-dealkylation sites (tertiary alicyclic amines) is 1. The number of nitrogens with zero attached hydrogens (tertiary/aromatic N) is 2. The van der Waals surface area contributed by atoms with Crippen LogP contribution in [0, 0.1) is 5.41 Å². The summed E-state index contributed by atoms with van der Waals surface area (Å²) in [4.78, 5) is 47.2. The van der Waals surface area contributed by atoms with Crippen LogP contribution in [0.4, 0.5) is 4.79 Å². The highest BCUT2D eigenvalue weighted by Crippen LogP contribution is 2.34. The summed E-state index contributed by atoms with van der Waals surface area (Å²) in [5.74, 6) is -0.660. The minimum atomic E-state index is -3.80. The number of pyridine rings is 1. The van der Waals surface area contributed by atoms with Crippen molar-refractivity contribution >= 4 is 49.8 Å². The Morgan fingerprint density at radius 2 is 1.76 bits per heavy atom. The largest absolute Gasteiger partial charge is 0.472 e. The van der Waals surface area contributed by atoms with E-state index in [1.54, 1.807) is 51.0 Å². The van der Waals surface area contributed by atoms with Crippen LogP contribution < -0.4 is 20.1 Å². The number of rotatable bonds is 12. The van der Waals surface area contributed by atoms with Gasteiger partial charge in [0.25, 0.3) is 5.91 Å². The zero-order valence-corrected chi connectivity index (χ0v) is 30.7. The molecule has 13 nitrogen and oxygen atoms in total. The van der Waals surface area contributed by atoms with Crippen LogP contribution in [0.1, 0.15) is 74.1 Å². The van der Waals surface area contributed by atoms with Crippen molar-refractivity contribution in [3.8, 4) is 5.88 Å². The SMILES string of the molecule is C=CC[C@@](C)(NC[C@@H]1C[C@@H](Oc2nc3ccoc3c3ccccc23)CN1C(=O)[C@@H](NC(=O)OC(C)(C)C)C(C)(C)C)C(=O)NS(=O)(=O)C1CC1. The number of fused-ring (bicyclic) bond motifs is 3. The van der Waals surface area contributed by atoms with E-state index in [-0.39, 0.29) is 25.4 Å². The fraction of sp³-hybridized carbons (Fsp3) is 0.556. The van der Waals surface area contributed by atoms with Crippen molar-refractivity contribution in [2.45, 2.75) is 109 Å². The number of amides is 3. The zero-order valence-electron chi connectivity index (χ0n) is 29.9. The fourth-order valence-corrected chi connectivity index (χ4v) is 7.53. The number of sulfonamides is 1. The van der Waals surface area contributed by atoms with Gasteiger partial charge < -0.3 is 29.4 Å². The summed E-state index contributed by atoms with van der Waals surface area (Å²) in [7, 11) is -3.80. The molecule has 1 aromatic carbocycles. The minimum absolute atomic E-state index is 0.116. The Hall–Kier alpha value is -4.17. The summed E-state index contributed by atoms with van der Waals surface area (Å²) in [6.07, 6.45) is 3.40. The Balaban J connectivity index is 1.44. The van der Waals surface area contributed by atoms with Crippen molar-refractivity contribution in [3.63, 3.8) is 0 Å². The summed E-state index contributed by atoms with van der Waals surface area (Å²) in [5, 5.41) is 7.06. The maximum absolute atomic E-state index is 14.5. The second-order valence-corrected chi connectivity index (χ2v) is 17.5. The van der Waals surface area contributed by atoms with Gasteiger partial charge in [-0.1, -0.05) is 45.0 Å². The fourth-order valence-electron chi connectivity index (χ4n) is 6.12. The lowest BCUT2D eigenvalue weighted by Crippen LogP contribution is -2.60. The number of hydrogen-bond donors (Lipinski definition) is 3. The molecule has 4 atom stereocenters. The zero-order chi connectivity index (χ0) is 36.6. The first-order valence-corrected chi connectivity index (χ1v) is 18.5. The number of aromatic nitrogens is 1. The van der Waals surface area contributed by atoms with E-state index in [0.717, 1.165) is 10.8 Å². The molecule has 5 rings (SSSR count). The number of nitrogens with one attached hydrogen (secondary N) is 3. The third-order valence-corrected chi connectivity index (χ3v) is 10.8. The lowest BCUT2D eigenvalue weighted by molar-refractivity contribution is -0.137. The summed E-state index contributed by atoms with van der Waals surface area (Å²) in [6, 6.07) is 7.89. The van der Waals surface area contributed by atoms with Gasteiger partial charge in [0.05, 0.1) is 23.6 Å². The molecule has 1 aliphatic carbocycles. The van der Waals surface area contributed by atoms with Crippen LogP contribution in [-0.4, -0.2) is 83.9 Å². The van der Waals surface area contributed by atoms with E-state index in [1.807, 2.05) is 45.0 Å². The number of benzene rings is 1. The predicted molar refractivity (Wildman–Crippen MR) is 190 cm³/mol. The summed E-state index contributed by atoms with van der Waals surface area (Å²) in [6.45, 7) is 16.5. The van der Waals surface area contributed by atoms with Gasteiger partial charge >= 0.3 is 6.09 Å². The molecule has 272 valence electrons. The van der Waals surface area contributed by atoms with Gasteiger partial charge in [0.2, 0.25) is 21.8 Å². The molecule has 0 bridgehead atoms. The maximum Gasteiger partial charge on any atom is 0.408 e. The number of carbonyl (C=O) groups excluding carboxylic acids is 3. The van der Waals surface area contributed by atoms with Gasteiger partial charge in [-0.15, -0.1) is 6.58 Å². The number of hydrogen-bond acceptors (Lipinski definition) is 10. The Bertz CT molecular complexity index is 1870. The summed E-state index contributed by atoms with van der Waals surface area (Å²) < 4.78 is 45.3. The van der Waals surface area contributed by atoms with Crippen molar-refractivity contribution in [3.05, 3.63) is 49.2 Å². The molecule has 3 heterocycles. The molecule has 2 aliphatic rings. The first-order chi connectivity index (χ1) is 23.3. The molecule has 3 aromatic rings. The number of carbonyl (C=O) groups is 3. The van der Waals surface area contributed by atoms with Crippen LogP contribution in [0.5, 0.6) is 5.88 Å². The molecule has 3 N–H and O–H groups in total. The van der Waals surface area contributed by atoms with Crippen molar-refractivity contribution in [2.24, 2.45) is 5.41 Å². The highest BCUT2D eigenvalue weighted by atomic mass is 32.2. The van der Waals surface area contributed by atoms with Crippen LogP contribution in [-0.2, 0) is 24.3 Å². The standard InChI is InChI=1S/C36H49N5O8S/c1-9-17-36(8,32(43)40-50(45,46)24-14-15-24)37-20-22-19-23(48-30-26-13-11-10-12-25(26)28-27(38-30)16-18-47-28)21-41(22)31(42)29(34(2,3)4)39-33(44)49-35(5,6)7/h9-13,16,18,22-24,29,37H,1,14-15,17,19-21H2,2-8H3,(H,39,44)(H,40,43)/t22-,23+,29+,36+/m0/s1. The third kappa shape index (κ3) is 8.40. The van der Waals surface area contributed by atoms with Crippen molar-refractivity contribution in [1.82, 2.24) is 25.2 Å². The predicted octanol–water partition coefficient (Wildman–Crippen LogP) is 4.80. The number of alkyl carbamates (subject to hydrolysis) is 1. The highest BCUT2D eigenvalue weighted by molar-refractivity contribution is 7.90. The van der Waals surface area contributed by atoms with Gasteiger partial charge in [0.15, 0.2) is 5.58 Å². The van der Waals surface area contributed by atoms with Crippen LogP contribution >= 0.6 is 0 Å². The summed E-state index contributed by atoms with van der Waals surface area (Å²) >= 11 is 0. The average Bonchev–Trinajstić information content (AvgIpc) is 3.65. The number of ether oxygens (including phenoxy) is 2. The Morgan fingerprint density at radius 1 is 1.08 bits per heavy atom. The van der Waals surface area contributed by atoms with E-state index in [4.69, 9.17) is 18.9 Å². The topological polar surface area (TPSA) is 169 Å². The minimum Gasteiger partial charge on any atom is -0.472 e. The maximum atomic E-state index is 14.5. The molecule has 1 saturated heterocycles. The first-order valence-electron chi connectivity index (χ1n) is 17.0. The van der Waals surface area contributed by atoms with Gasteiger partial charge in [-0.3, -0.25) is 14.3 Å². The van der Waals surface area contributed by atoms with E-state index < -0.39 is 62.0 Å². The first kappa shape index (κ1) is 37.1. The molecule has 2 aromatic heterocycles.